The second-order valence-corrected chi connectivity index (χ2v) is 6.76. The number of rotatable bonds is 5. The normalized spacial score (nSPS) is 11.5. The number of aromatic nitrogens is 2. The van der Waals surface area contributed by atoms with Crippen LogP contribution in [0.1, 0.15) is 23.9 Å². The molecule has 2 rings (SSSR count). The van der Waals surface area contributed by atoms with E-state index >= 15 is 0 Å². The predicted molar refractivity (Wildman–Crippen MR) is 83.3 cm³/mol. The second kappa shape index (κ2) is 5.99. The molecular weight excluding hydrogens is 322 g/mol. The van der Waals surface area contributed by atoms with Crippen molar-refractivity contribution >= 4 is 15.8 Å². The molecule has 0 atom stereocenters. The van der Waals surface area contributed by atoms with Crippen molar-refractivity contribution in [3.05, 3.63) is 45.4 Å². The van der Waals surface area contributed by atoms with E-state index in [9.17, 15) is 18.5 Å². The maximum atomic E-state index is 12.9. The summed E-state index contributed by atoms with van der Waals surface area (Å²) < 4.78 is 31.9. The minimum Gasteiger partial charge on any atom is -0.492 e. The van der Waals surface area contributed by atoms with Gasteiger partial charge in [0.15, 0.2) is 4.90 Å². The van der Waals surface area contributed by atoms with Crippen LogP contribution in [0.4, 0.5) is 5.82 Å². The van der Waals surface area contributed by atoms with Crippen LogP contribution in [0.2, 0.25) is 0 Å². The summed E-state index contributed by atoms with van der Waals surface area (Å²) in [6.07, 6.45) is 0.925. The maximum absolute atomic E-state index is 12.9. The van der Waals surface area contributed by atoms with Gasteiger partial charge in [0, 0.05) is 6.92 Å². The highest BCUT2D eigenvalue weighted by atomic mass is 32.2. The smallest absolute Gasteiger partial charge is 0.358 e. The Balaban J connectivity index is 2.77. The summed E-state index contributed by atoms with van der Waals surface area (Å²) in [5.41, 5.74) is 1.61. The Hall–Kier alpha value is -2.42. The zero-order valence-electron chi connectivity index (χ0n) is 13.2. The largest absolute Gasteiger partial charge is 0.492 e. The van der Waals surface area contributed by atoms with Crippen molar-refractivity contribution in [1.29, 1.82) is 0 Å². The number of ether oxygens (including phenoxy) is 1. The van der Waals surface area contributed by atoms with Crippen molar-refractivity contribution in [3.8, 4) is 5.75 Å². The van der Waals surface area contributed by atoms with E-state index in [-0.39, 0.29) is 23.1 Å². The summed E-state index contributed by atoms with van der Waals surface area (Å²) in [6, 6.07) is 3.07. The highest BCUT2D eigenvalue weighted by molar-refractivity contribution is 7.90. The van der Waals surface area contributed by atoms with E-state index in [0.717, 1.165) is 17.3 Å². The fraction of sp³-hybridized carbons (Fsp3) is 0.357. The lowest BCUT2D eigenvalue weighted by Crippen LogP contribution is -2.18. The first-order valence-electron chi connectivity index (χ1n) is 6.88. The van der Waals surface area contributed by atoms with Gasteiger partial charge in [-0.05, 0) is 49.0 Å². The Morgan fingerprint density at radius 2 is 1.87 bits per heavy atom. The van der Waals surface area contributed by atoms with E-state index in [1.807, 2.05) is 6.92 Å². The van der Waals surface area contributed by atoms with Crippen LogP contribution >= 0.6 is 0 Å². The number of hydrogen-bond acceptors (Lipinski definition) is 6. The van der Waals surface area contributed by atoms with Crippen molar-refractivity contribution in [2.45, 2.75) is 32.6 Å². The molecule has 0 amide bonds. The Labute approximate surface area is 133 Å². The highest BCUT2D eigenvalue weighted by Gasteiger charge is 2.34. The van der Waals surface area contributed by atoms with Gasteiger partial charge in [-0.25, -0.2) is 4.98 Å². The van der Waals surface area contributed by atoms with Crippen molar-refractivity contribution in [2.75, 3.05) is 6.61 Å². The molecule has 0 N–H and O–H groups in total. The molecule has 0 radical (unpaired) electrons. The number of benzene rings is 1. The van der Waals surface area contributed by atoms with Crippen LogP contribution < -0.4 is 4.74 Å². The van der Waals surface area contributed by atoms with Crippen LogP contribution in [0.15, 0.2) is 23.2 Å². The van der Waals surface area contributed by atoms with Crippen LogP contribution in [-0.2, 0) is 10.0 Å². The molecule has 1 heterocycles. The molecule has 9 heteroatoms. The lowest BCUT2D eigenvalue weighted by Gasteiger charge is -2.13. The number of imidazole rings is 1. The summed E-state index contributed by atoms with van der Waals surface area (Å²) in [6.45, 7) is 7.00. The van der Waals surface area contributed by atoms with Crippen molar-refractivity contribution < 1.29 is 18.1 Å². The molecule has 0 aliphatic heterocycles. The third-order valence-electron chi connectivity index (χ3n) is 3.43. The molecule has 0 aliphatic rings. The van der Waals surface area contributed by atoms with Gasteiger partial charge in [0.25, 0.3) is 0 Å². The van der Waals surface area contributed by atoms with Gasteiger partial charge in [-0.1, -0.05) is 3.97 Å². The van der Waals surface area contributed by atoms with Gasteiger partial charge in [-0.3, -0.25) is 0 Å². The standard InChI is InChI=1S/C14H17N3O5S/c1-5-22-12-6-9(2)10(3)7-13(12)23(20,21)16-11(4)15-8-14(16)17(18)19/h6-8H,5H2,1-4H3. The van der Waals surface area contributed by atoms with E-state index in [4.69, 9.17) is 4.74 Å². The Kier molecular flexibility index (Phi) is 4.42. The first-order valence-corrected chi connectivity index (χ1v) is 8.32. The van der Waals surface area contributed by atoms with E-state index in [1.165, 1.54) is 13.0 Å². The minimum absolute atomic E-state index is 0.0115. The Morgan fingerprint density at radius 3 is 2.43 bits per heavy atom. The lowest BCUT2D eigenvalue weighted by atomic mass is 10.1. The SMILES string of the molecule is CCOc1cc(C)c(C)cc1S(=O)(=O)n1c([N+](=O)[O-])cnc1C. The highest BCUT2D eigenvalue weighted by Crippen LogP contribution is 2.32. The fourth-order valence-electron chi connectivity index (χ4n) is 2.17. The summed E-state index contributed by atoms with van der Waals surface area (Å²) in [4.78, 5) is 13.9. The molecular formula is C14H17N3O5S. The number of nitrogens with zero attached hydrogens (tertiary/aromatic N) is 3. The van der Waals surface area contributed by atoms with Crippen LogP contribution in [0.25, 0.3) is 0 Å². The zero-order chi connectivity index (χ0) is 17.4. The molecule has 0 bridgehead atoms. The zero-order valence-corrected chi connectivity index (χ0v) is 14.0. The number of aryl methyl sites for hydroxylation is 3. The van der Waals surface area contributed by atoms with Crippen LogP contribution in [-0.4, -0.2) is 28.9 Å². The van der Waals surface area contributed by atoms with E-state index in [2.05, 4.69) is 4.98 Å². The summed E-state index contributed by atoms with van der Waals surface area (Å²) in [5, 5.41) is 11.1. The van der Waals surface area contributed by atoms with Gasteiger partial charge >= 0.3 is 15.8 Å². The molecule has 0 aliphatic carbocycles. The quantitative estimate of drug-likeness (QED) is 0.612. The van der Waals surface area contributed by atoms with Gasteiger partial charge in [-0.2, -0.15) is 8.42 Å². The van der Waals surface area contributed by atoms with Crippen molar-refractivity contribution in [1.82, 2.24) is 8.96 Å². The van der Waals surface area contributed by atoms with Gasteiger partial charge < -0.3 is 14.9 Å². The Morgan fingerprint density at radius 1 is 1.26 bits per heavy atom. The molecule has 1 aromatic heterocycles. The van der Waals surface area contributed by atoms with E-state index in [0.29, 0.717) is 3.97 Å². The molecule has 0 fully saturated rings. The van der Waals surface area contributed by atoms with E-state index in [1.54, 1.807) is 19.9 Å². The first-order chi connectivity index (χ1) is 10.7. The number of nitro groups is 1. The fourth-order valence-corrected chi connectivity index (χ4v) is 3.82. The third-order valence-corrected chi connectivity index (χ3v) is 5.24. The lowest BCUT2D eigenvalue weighted by molar-refractivity contribution is -0.390. The maximum Gasteiger partial charge on any atom is 0.358 e. The molecule has 0 saturated heterocycles. The van der Waals surface area contributed by atoms with Crippen molar-refractivity contribution in [2.24, 2.45) is 0 Å². The topological polar surface area (TPSA) is 104 Å². The van der Waals surface area contributed by atoms with Gasteiger partial charge in [0.1, 0.15) is 11.9 Å². The first kappa shape index (κ1) is 16.9. The van der Waals surface area contributed by atoms with Gasteiger partial charge in [-0.15, -0.1) is 0 Å². The van der Waals surface area contributed by atoms with Crippen LogP contribution in [0.3, 0.4) is 0 Å². The van der Waals surface area contributed by atoms with E-state index < -0.39 is 20.8 Å². The molecule has 0 spiro atoms. The predicted octanol–water partition coefficient (Wildman–Crippen LogP) is 2.35. The van der Waals surface area contributed by atoms with Gasteiger partial charge in [0.05, 0.1) is 6.61 Å². The molecule has 8 nitrogen and oxygen atoms in total. The third kappa shape index (κ3) is 2.91. The van der Waals surface area contributed by atoms with Crippen LogP contribution in [0, 0.1) is 30.9 Å². The molecule has 2 aromatic rings. The molecule has 0 saturated carbocycles. The summed E-state index contributed by atoms with van der Waals surface area (Å²) >= 11 is 0. The summed E-state index contributed by atoms with van der Waals surface area (Å²) in [7, 11) is -4.21. The molecule has 0 unspecified atom stereocenters. The Bertz CT molecular complexity index is 871. The second-order valence-electron chi connectivity index (χ2n) is 5.01. The van der Waals surface area contributed by atoms with Crippen molar-refractivity contribution in [3.63, 3.8) is 0 Å². The molecule has 23 heavy (non-hydrogen) atoms. The monoisotopic (exact) mass is 339 g/mol. The minimum atomic E-state index is -4.21. The van der Waals surface area contributed by atoms with Gasteiger partial charge in [0.2, 0.25) is 5.82 Å². The average molecular weight is 339 g/mol. The summed E-state index contributed by atoms with van der Waals surface area (Å²) in [5.74, 6) is -0.432. The molecule has 124 valence electrons. The van der Waals surface area contributed by atoms with Crippen LogP contribution in [0.5, 0.6) is 5.75 Å². The molecule has 1 aromatic carbocycles. The number of hydrogen-bond donors (Lipinski definition) is 0. The average Bonchev–Trinajstić information content (AvgIpc) is 2.85.